The topological polar surface area (TPSA) is 44.7 Å². The van der Waals surface area contributed by atoms with Crippen LogP contribution in [0.3, 0.4) is 0 Å². The van der Waals surface area contributed by atoms with Crippen LogP contribution in [-0.2, 0) is 6.42 Å². The number of para-hydroxylation sites is 1. The Bertz CT molecular complexity index is 623. The van der Waals surface area contributed by atoms with Gasteiger partial charge in [0.25, 0.3) is 0 Å². The van der Waals surface area contributed by atoms with Crippen molar-refractivity contribution in [1.82, 2.24) is 5.01 Å². The lowest BCUT2D eigenvalue weighted by atomic mass is 10.1. The van der Waals surface area contributed by atoms with Crippen LogP contribution in [0.5, 0.6) is 0 Å². The minimum absolute atomic E-state index is 0.262. The molecule has 2 aromatic carbocycles. The van der Waals surface area contributed by atoms with E-state index in [0.717, 1.165) is 5.69 Å². The van der Waals surface area contributed by atoms with Gasteiger partial charge in [-0.1, -0.05) is 42.5 Å². The van der Waals surface area contributed by atoms with Crippen molar-refractivity contribution in [3.8, 4) is 0 Å². The van der Waals surface area contributed by atoms with Crippen molar-refractivity contribution in [2.45, 2.75) is 13.3 Å². The summed E-state index contributed by atoms with van der Waals surface area (Å²) in [6.07, 6.45) is 2.45. The lowest BCUT2D eigenvalue weighted by molar-refractivity contribution is 0.224. The van der Waals surface area contributed by atoms with Crippen LogP contribution in [-0.4, -0.2) is 24.3 Å². The largest absolute Gasteiger partial charge is 0.341 e. The Hall–Kier alpha value is -2.62. The minimum atomic E-state index is -0.262. The van der Waals surface area contributed by atoms with Crippen molar-refractivity contribution in [3.05, 3.63) is 65.7 Å². The molecule has 0 unspecified atom stereocenters. The van der Waals surface area contributed by atoms with Gasteiger partial charge in [-0.05, 0) is 30.2 Å². The van der Waals surface area contributed by atoms with E-state index in [1.54, 1.807) is 13.3 Å². The van der Waals surface area contributed by atoms with Gasteiger partial charge in [-0.15, -0.1) is 0 Å². The summed E-state index contributed by atoms with van der Waals surface area (Å²) in [5, 5.41) is 8.22. The van der Waals surface area contributed by atoms with Gasteiger partial charge >= 0.3 is 6.03 Å². The second-order valence-corrected chi connectivity index (χ2v) is 4.75. The van der Waals surface area contributed by atoms with Crippen molar-refractivity contribution in [1.29, 1.82) is 0 Å². The molecule has 0 aliphatic rings. The van der Waals surface area contributed by atoms with Gasteiger partial charge in [-0.25, -0.2) is 9.80 Å². The van der Waals surface area contributed by atoms with Crippen LogP contribution in [0.4, 0.5) is 10.5 Å². The number of hydrazone groups is 1. The van der Waals surface area contributed by atoms with Gasteiger partial charge in [0, 0.05) is 25.4 Å². The molecule has 4 nitrogen and oxygen atoms in total. The lowest BCUT2D eigenvalue weighted by Gasteiger charge is -2.12. The number of amides is 2. The highest BCUT2D eigenvalue weighted by Crippen LogP contribution is 2.07. The monoisotopic (exact) mass is 281 g/mol. The molecule has 2 rings (SSSR count). The van der Waals surface area contributed by atoms with Gasteiger partial charge < -0.3 is 5.32 Å². The fourth-order valence-corrected chi connectivity index (χ4v) is 1.88. The molecule has 0 spiro atoms. The third kappa shape index (κ3) is 4.45. The second-order valence-electron chi connectivity index (χ2n) is 4.75. The summed E-state index contributed by atoms with van der Waals surface area (Å²) in [5.74, 6) is 0. The highest BCUT2D eigenvalue weighted by atomic mass is 16.2. The first kappa shape index (κ1) is 14.8. The smallest absolute Gasteiger partial charge is 0.306 e. The first-order valence-electron chi connectivity index (χ1n) is 6.83. The van der Waals surface area contributed by atoms with Crippen molar-refractivity contribution < 1.29 is 4.79 Å². The van der Waals surface area contributed by atoms with Crippen molar-refractivity contribution in [2.24, 2.45) is 5.10 Å². The standard InChI is InChI=1S/C17H19N3O/c1-14-8-6-7-9-15(14)12-13-18-20(2)17(21)19-16-10-4-3-5-11-16/h3-11,13H,12H2,1-2H3,(H,19,21)/b18-13+. The zero-order valence-corrected chi connectivity index (χ0v) is 12.3. The third-order valence-electron chi connectivity index (χ3n) is 3.15. The van der Waals surface area contributed by atoms with E-state index < -0.39 is 0 Å². The maximum absolute atomic E-state index is 11.9. The molecule has 4 heteroatoms. The zero-order chi connectivity index (χ0) is 15.1. The van der Waals surface area contributed by atoms with Crippen molar-refractivity contribution in [2.75, 3.05) is 12.4 Å². The van der Waals surface area contributed by atoms with E-state index >= 15 is 0 Å². The Morgan fingerprint density at radius 2 is 1.81 bits per heavy atom. The quantitative estimate of drug-likeness (QED) is 0.674. The molecule has 2 amide bonds. The van der Waals surface area contributed by atoms with E-state index in [1.807, 2.05) is 42.5 Å². The van der Waals surface area contributed by atoms with E-state index in [0.29, 0.717) is 6.42 Å². The predicted octanol–water partition coefficient (Wildman–Crippen LogP) is 3.69. The number of carbonyl (C=O) groups is 1. The number of anilines is 1. The number of hydrogen-bond donors (Lipinski definition) is 1. The number of urea groups is 1. The number of nitrogens with zero attached hydrogens (tertiary/aromatic N) is 2. The number of nitrogens with one attached hydrogen (secondary N) is 1. The Kier molecular flexibility index (Phi) is 5.10. The maximum Gasteiger partial charge on any atom is 0.341 e. The van der Waals surface area contributed by atoms with Crippen molar-refractivity contribution in [3.63, 3.8) is 0 Å². The maximum atomic E-state index is 11.9. The number of aryl methyl sites for hydroxylation is 1. The minimum Gasteiger partial charge on any atom is -0.306 e. The van der Waals surface area contributed by atoms with Crippen LogP contribution in [0, 0.1) is 6.92 Å². The summed E-state index contributed by atoms with van der Waals surface area (Å²) in [6, 6.07) is 17.2. The van der Waals surface area contributed by atoms with E-state index in [4.69, 9.17) is 0 Å². The van der Waals surface area contributed by atoms with Gasteiger partial charge in [0.15, 0.2) is 0 Å². The van der Waals surface area contributed by atoms with Crippen LogP contribution < -0.4 is 5.32 Å². The Balaban J connectivity index is 1.89. The molecule has 0 aromatic heterocycles. The molecule has 108 valence electrons. The summed E-state index contributed by atoms with van der Waals surface area (Å²) < 4.78 is 0. The lowest BCUT2D eigenvalue weighted by Crippen LogP contribution is -2.27. The average molecular weight is 281 g/mol. The second kappa shape index (κ2) is 7.24. The van der Waals surface area contributed by atoms with Crippen LogP contribution in [0.1, 0.15) is 11.1 Å². The average Bonchev–Trinajstić information content (AvgIpc) is 2.50. The fraction of sp³-hybridized carbons (Fsp3) is 0.176. The molecule has 1 N–H and O–H groups in total. The summed E-state index contributed by atoms with van der Waals surface area (Å²) in [6.45, 7) is 2.06. The van der Waals surface area contributed by atoms with Crippen molar-refractivity contribution >= 4 is 17.9 Å². The zero-order valence-electron chi connectivity index (χ0n) is 12.3. The molecule has 0 atom stereocenters. The molecule has 0 heterocycles. The molecular formula is C17H19N3O. The molecule has 0 aliphatic carbocycles. The summed E-state index contributed by atoms with van der Waals surface area (Å²) in [5.41, 5.74) is 3.18. The first-order chi connectivity index (χ1) is 10.2. The van der Waals surface area contributed by atoms with Crippen LogP contribution in [0.15, 0.2) is 59.7 Å². The molecule has 0 fully saturated rings. The summed E-state index contributed by atoms with van der Waals surface area (Å²) in [4.78, 5) is 11.9. The van der Waals surface area contributed by atoms with Crippen LogP contribution >= 0.6 is 0 Å². The molecular weight excluding hydrogens is 262 g/mol. The normalized spacial score (nSPS) is 10.6. The van der Waals surface area contributed by atoms with E-state index in [9.17, 15) is 4.79 Å². The van der Waals surface area contributed by atoms with Gasteiger partial charge in [0.1, 0.15) is 0 Å². The molecule has 2 aromatic rings. The Morgan fingerprint density at radius 1 is 1.14 bits per heavy atom. The number of benzene rings is 2. The Labute approximate surface area is 125 Å². The molecule has 0 saturated carbocycles. The molecule has 21 heavy (non-hydrogen) atoms. The number of carbonyl (C=O) groups excluding carboxylic acids is 1. The predicted molar refractivity (Wildman–Crippen MR) is 86.6 cm³/mol. The SMILES string of the molecule is Cc1ccccc1C/C=N/N(C)C(=O)Nc1ccccc1. The van der Waals surface area contributed by atoms with Crippen LogP contribution in [0.25, 0.3) is 0 Å². The molecule has 0 bridgehead atoms. The highest BCUT2D eigenvalue weighted by Gasteiger charge is 2.06. The van der Waals surface area contributed by atoms with Gasteiger partial charge in [-0.2, -0.15) is 5.10 Å². The van der Waals surface area contributed by atoms with E-state index in [2.05, 4.69) is 29.5 Å². The van der Waals surface area contributed by atoms with E-state index in [1.165, 1.54) is 16.1 Å². The Morgan fingerprint density at radius 3 is 2.52 bits per heavy atom. The molecule has 0 radical (unpaired) electrons. The summed E-state index contributed by atoms with van der Waals surface area (Å²) >= 11 is 0. The third-order valence-corrected chi connectivity index (χ3v) is 3.15. The van der Waals surface area contributed by atoms with E-state index in [-0.39, 0.29) is 6.03 Å². The number of rotatable bonds is 4. The van der Waals surface area contributed by atoms with Crippen LogP contribution in [0.2, 0.25) is 0 Å². The summed E-state index contributed by atoms with van der Waals surface area (Å²) in [7, 11) is 1.63. The van der Waals surface area contributed by atoms with Gasteiger partial charge in [0.05, 0.1) is 0 Å². The highest BCUT2D eigenvalue weighted by molar-refractivity contribution is 5.89. The number of hydrogen-bond acceptors (Lipinski definition) is 2. The van der Waals surface area contributed by atoms with Gasteiger partial charge in [-0.3, -0.25) is 0 Å². The first-order valence-corrected chi connectivity index (χ1v) is 6.83. The molecule has 0 saturated heterocycles. The van der Waals surface area contributed by atoms with Gasteiger partial charge in [0.2, 0.25) is 0 Å². The fourth-order valence-electron chi connectivity index (χ4n) is 1.88. The molecule has 0 aliphatic heterocycles.